The Bertz CT molecular complexity index is 993. The molecule has 2 aromatic rings. The lowest BCUT2D eigenvalue weighted by molar-refractivity contribution is -0.113. The molecule has 0 saturated carbocycles. The van der Waals surface area contributed by atoms with Gasteiger partial charge in [0, 0.05) is 17.2 Å². The minimum Gasteiger partial charge on any atom is -0.495 e. The number of hydrogen-bond donors (Lipinski definition) is 1. The van der Waals surface area contributed by atoms with Gasteiger partial charge in [-0.1, -0.05) is 49.4 Å². The van der Waals surface area contributed by atoms with Crippen molar-refractivity contribution in [2.24, 2.45) is 10.9 Å². The monoisotopic (exact) mass is 405 g/mol. The molecule has 1 heterocycles. The summed E-state index contributed by atoms with van der Waals surface area (Å²) in [6.45, 7) is 3.86. The molecular formula is C23H23N3O2S. The van der Waals surface area contributed by atoms with Crippen LogP contribution in [0.2, 0.25) is 0 Å². The smallest absolute Gasteiger partial charge is 0.254 e. The van der Waals surface area contributed by atoms with Crippen molar-refractivity contribution in [3.05, 3.63) is 71.4 Å². The van der Waals surface area contributed by atoms with Gasteiger partial charge < -0.3 is 10.1 Å². The van der Waals surface area contributed by atoms with Gasteiger partial charge in [0.15, 0.2) is 0 Å². The number of rotatable bonds is 5. The fourth-order valence-electron chi connectivity index (χ4n) is 3.49. The van der Waals surface area contributed by atoms with Crippen LogP contribution in [0.3, 0.4) is 0 Å². The van der Waals surface area contributed by atoms with Crippen LogP contribution in [0.4, 0.5) is 5.69 Å². The van der Waals surface area contributed by atoms with Gasteiger partial charge in [-0.05, 0) is 30.4 Å². The Morgan fingerprint density at radius 3 is 2.55 bits per heavy atom. The number of nitrogens with zero attached hydrogens (tertiary/aromatic N) is 2. The number of nitriles is 1. The van der Waals surface area contributed by atoms with Gasteiger partial charge in [0.1, 0.15) is 11.7 Å². The highest BCUT2D eigenvalue weighted by atomic mass is 32.2. The van der Waals surface area contributed by atoms with Gasteiger partial charge in [-0.25, -0.2) is 4.99 Å². The first-order chi connectivity index (χ1) is 14.1. The van der Waals surface area contributed by atoms with Gasteiger partial charge in [0.05, 0.1) is 23.9 Å². The van der Waals surface area contributed by atoms with Gasteiger partial charge >= 0.3 is 0 Å². The molecule has 2 aromatic carbocycles. The predicted octanol–water partition coefficient (Wildman–Crippen LogP) is 5.00. The number of methoxy groups -OCH3 is 1. The maximum Gasteiger partial charge on any atom is 0.254 e. The van der Waals surface area contributed by atoms with Crippen LogP contribution >= 0.6 is 11.8 Å². The summed E-state index contributed by atoms with van der Waals surface area (Å²) in [7, 11) is 1.56. The molecule has 3 rings (SSSR count). The molecule has 6 heteroatoms. The van der Waals surface area contributed by atoms with Crippen molar-refractivity contribution < 1.29 is 9.53 Å². The molecule has 29 heavy (non-hydrogen) atoms. The van der Waals surface area contributed by atoms with Crippen LogP contribution in [0.1, 0.15) is 25.3 Å². The molecule has 0 radical (unpaired) electrons. The Balaban J connectivity index is 2.07. The number of anilines is 1. The van der Waals surface area contributed by atoms with Crippen molar-refractivity contribution >= 4 is 28.4 Å². The molecule has 148 valence electrons. The largest absolute Gasteiger partial charge is 0.495 e. The summed E-state index contributed by atoms with van der Waals surface area (Å²) in [6.07, 6.45) is 0. The molecule has 0 spiro atoms. The molecule has 0 aromatic heterocycles. The summed E-state index contributed by atoms with van der Waals surface area (Å²) in [6, 6.07) is 19.3. The quantitative estimate of drug-likeness (QED) is 0.760. The SMILES string of the molecule is CCSC1=NC(C)=C(C(=O)Nc2ccccc2OC)[C@H](c2ccccc2)C1C#N. The topological polar surface area (TPSA) is 74.5 Å². The number of ether oxygens (including phenoxy) is 1. The van der Waals surface area contributed by atoms with Crippen LogP contribution in [0, 0.1) is 17.2 Å². The fourth-order valence-corrected chi connectivity index (χ4v) is 4.36. The summed E-state index contributed by atoms with van der Waals surface area (Å²) in [5.74, 6) is 0.222. The number of thioether (sulfide) groups is 1. The van der Waals surface area contributed by atoms with Gasteiger partial charge in [0.25, 0.3) is 5.91 Å². The van der Waals surface area contributed by atoms with Crippen LogP contribution in [-0.4, -0.2) is 23.8 Å². The van der Waals surface area contributed by atoms with E-state index in [0.717, 1.165) is 16.4 Å². The maximum absolute atomic E-state index is 13.3. The Kier molecular flexibility index (Phi) is 6.73. The Morgan fingerprint density at radius 1 is 1.21 bits per heavy atom. The van der Waals surface area contributed by atoms with Crippen molar-refractivity contribution in [2.75, 3.05) is 18.2 Å². The second-order valence-corrected chi connectivity index (χ2v) is 7.82. The average molecular weight is 406 g/mol. The Labute approximate surface area is 175 Å². The Morgan fingerprint density at radius 2 is 1.90 bits per heavy atom. The van der Waals surface area contributed by atoms with Crippen LogP contribution in [-0.2, 0) is 4.79 Å². The highest BCUT2D eigenvalue weighted by Gasteiger charge is 2.38. The van der Waals surface area contributed by atoms with Crippen molar-refractivity contribution in [1.82, 2.24) is 0 Å². The number of benzene rings is 2. The summed E-state index contributed by atoms with van der Waals surface area (Å²) in [5, 5.41) is 13.7. The molecule has 1 unspecified atom stereocenters. The molecule has 5 nitrogen and oxygen atoms in total. The summed E-state index contributed by atoms with van der Waals surface area (Å²) >= 11 is 1.55. The zero-order valence-corrected chi connectivity index (χ0v) is 17.5. The lowest BCUT2D eigenvalue weighted by Gasteiger charge is -2.30. The molecule has 1 amide bonds. The normalized spacial score (nSPS) is 18.6. The minimum atomic E-state index is -0.510. The van der Waals surface area contributed by atoms with E-state index >= 15 is 0 Å². The van der Waals surface area contributed by atoms with Gasteiger partial charge in [0.2, 0.25) is 0 Å². The number of nitrogens with one attached hydrogen (secondary N) is 1. The number of allylic oxidation sites excluding steroid dienone is 1. The van der Waals surface area contributed by atoms with E-state index in [0.29, 0.717) is 22.7 Å². The highest BCUT2D eigenvalue weighted by Crippen LogP contribution is 2.41. The molecule has 1 aliphatic rings. The third kappa shape index (κ3) is 4.36. The van der Waals surface area contributed by atoms with E-state index in [1.165, 1.54) is 0 Å². The molecule has 0 saturated heterocycles. The van der Waals surface area contributed by atoms with E-state index in [-0.39, 0.29) is 11.8 Å². The number of carbonyl (C=O) groups excluding carboxylic acids is 1. The van der Waals surface area contributed by atoms with Crippen molar-refractivity contribution in [3.8, 4) is 11.8 Å². The summed E-state index contributed by atoms with van der Waals surface area (Å²) in [5.41, 5.74) is 2.65. The summed E-state index contributed by atoms with van der Waals surface area (Å²) in [4.78, 5) is 18.0. The standard InChI is InChI=1S/C23H23N3O2S/c1-4-29-23-17(14-24)21(16-10-6-5-7-11-16)20(15(2)25-23)22(27)26-18-12-8-9-13-19(18)28-3/h5-13,17,21H,4H2,1-3H3,(H,26,27)/t17?,21-/m1/s1. The van der Waals surface area contributed by atoms with Crippen molar-refractivity contribution in [1.29, 1.82) is 5.26 Å². The van der Waals surface area contributed by atoms with E-state index in [9.17, 15) is 10.1 Å². The third-order valence-corrected chi connectivity index (χ3v) is 5.70. The maximum atomic E-state index is 13.3. The van der Waals surface area contributed by atoms with E-state index in [1.54, 1.807) is 31.0 Å². The first kappa shape index (κ1) is 20.7. The predicted molar refractivity (Wildman–Crippen MR) is 118 cm³/mol. The first-order valence-corrected chi connectivity index (χ1v) is 10.4. The van der Waals surface area contributed by atoms with Crippen LogP contribution in [0.5, 0.6) is 5.75 Å². The summed E-state index contributed by atoms with van der Waals surface area (Å²) < 4.78 is 5.35. The number of amides is 1. The number of aliphatic imine (C=N–C) groups is 1. The number of para-hydroxylation sites is 2. The molecule has 1 N–H and O–H groups in total. The molecule has 0 aliphatic carbocycles. The zero-order chi connectivity index (χ0) is 20.8. The molecule has 0 bridgehead atoms. The molecule has 0 fully saturated rings. The number of carbonyl (C=O) groups is 1. The fraction of sp³-hybridized carbons (Fsp3) is 0.261. The average Bonchev–Trinajstić information content (AvgIpc) is 2.74. The molecule has 1 aliphatic heterocycles. The third-order valence-electron chi connectivity index (χ3n) is 4.77. The van der Waals surface area contributed by atoms with Crippen molar-refractivity contribution in [2.45, 2.75) is 19.8 Å². The van der Waals surface area contributed by atoms with E-state index < -0.39 is 5.92 Å². The van der Waals surface area contributed by atoms with Crippen LogP contribution < -0.4 is 10.1 Å². The van der Waals surface area contributed by atoms with E-state index in [1.807, 2.05) is 56.3 Å². The van der Waals surface area contributed by atoms with E-state index in [2.05, 4.69) is 16.4 Å². The second kappa shape index (κ2) is 9.44. The highest BCUT2D eigenvalue weighted by molar-refractivity contribution is 8.14. The Hall–Kier alpha value is -3.04. The minimum absolute atomic E-state index is 0.273. The van der Waals surface area contributed by atoms with E-state index in [4.69, 9.17) is 4.74 Å². The number of hydrogen-bond acceptors (Lipinski definition) is 5. The van der Waals surface area contributed by atoms with Gasteiger partial charge in [-0.2, -0.15) is 5.26 Å². The second-order valence-electron chi connectivity index (χ2n) is 6.53. The van der Waals surface area contributed by atoms with Crippen molar-refractivity contribution in [3.63, 3.8) is 0 Å². The van der Waals surface area contributed by atoms with Gasteiger partial charge in [-0.3, -0.25) is 4.79 Å². The van der Waals surface area contributed by atoms with Crippen LogP contribution in [0.25, 0.3) is 0 Å². The lowest BCUT2D eigenvalue weighted by Crippen LogP contribution is -2.31. The zero-order valence-electron chi connectivity index (χ0n) is 16.7. The molecular weight excluding hydrogens is 382 g/mol. The first-order valence-electron chi connectivity index (χ1n) is 9.41. The van der Waals surface area contributed by atoms with Crippen LogP contribution in [0.15, 0.2) is 70.9 Å². The molecule has 2 atom stereocenters. The van der Waals surface area contributed by atoms with Gasteiger partial charge in [-0.15, -0.1) is 11.8 Å². The lowest BCUT2D eigenvalue weighted by atomic mass is 9.78.